The largest absolute Gasteiger partial charge is 0.450 e. The third-order valence-corrected chi connectivity index (χ3v) is 4.92. The lowest BCUT2D eigenvalue weighted by Crippen LogP contribution is -2.59. The van der Waals surface area contributed by atoms with Crippen LogP contribution in [0.4, 0.5) is 4.79 Å². The van der Waals surface area contributed by atoms with E-state index in [4.69, 9.17) is 28.8 Å². The number of rotatable bonds is 18. The molecule has 0 aromatic carbocycles. The zero-order chi connectivity index (χ0) is 25.2. The Bertz CT molecular complexity index is 553. The van der Waals surface area contributed by atoms with Crippen LogP contribution >= 0.6 is 0 Å². The van der Waals surface area contributed by atoms with Crippen LogP contribution in [0.2, 0.25) is 0 Å². The van der Waals surface area contributed by atoms with Crippen molar-refractivity contribution in [2.45, 2.75) is 63.3 Å². The number of alkyl carbamates (subject to hydrolysis) is 1. The fourth-order valence-electron chi connectivity index (χ4n) is 3.06. The topological polar surface area (TPSA) is 185 Å². The molecule has 0 aromatic rings. The molecule has 13 nitrogen and oxygen atoms in total. The van der Waals surface area contributed by atoms with Crippen molar-refractivity contribution >= 4 is 12.0 Å². The average molecular weight is 497 g/mol. The van der Waals surface area contributed by atoms with E-state index in [9.17, 15) is 24.9 Å². The second-order valence-corrected chi connectivity index (χ2v) is 7.60. The van der Waals surface area contributed by atoms with Crippen LogP contribution in [0, 0.1) is 0 Å². The lowest BCUT2D eigenvalue weighted by molar-refractivity contribution is -0.302. The van der Waals surface area contributed by atoms with E-state index in [0.29, 0.717) is 45.9 Å². The zero-order valence-electron chi connectivity index (χ0n) is 19.7. The van der Waals surface area contributed by atoms with Gasteiger partial charge in [0.2, 0.25) is 5.91 Å². The summed E-state index contributed by atoms with van der Waals surface area (Å²) in [5.74, 6) is -0.0523. The molecule has 34 heavy (non-hydrogen) atoms. The summed E-state index contributed by atoms with van der Waals surface area (Å²) in [5.41, 5.74) is 0. The monoisotopic (exact) mass is 496 g/mol. The molecule has 1 fully saturated rings. The van der Waals surface area contributed by atoms with Gasteiger partial charge in [-0.25, -0.2) is 4.79 Å². The lowest BCUT2D eigenvalue weighted by atomic mass is 9.99. The molecule has 1 saturated heterocycles. The highest BCUT2D eigenvalue weighted by Gasteiger charge is 2.43. The summed E-state index contributed by atoms with van der Waals surface area (Å²) < 4.78 is 26.0. The van der Waals surface area contributed by atoms with Crippen LogP contribution < -0.4 is 10.6 Å². The number of unbranched alkanes of at least 4 members (excludes halogenated alkanes) is 2. The first kappa shape index (κ1) is 30.5. The van der Waals surface area contributed by atoms with Gasteiger partial charge in [0.1, 0.15) is 24.4 Å². The summed E-state index contributed by atoms with van der Waals surface area (Å²) in [6, 6.07) is 0. The van der Waals surface area contributed by atoms with Gasteiger partial charge in [0, 0.05) is 19.5 Å². The SMILES string of the molecule is CCOC(=O)NCCCCCC(=O)NCCOCCOCCO[C@H]1OC(CO)[C@@H](O)[C@H](O)C1O. The fraction of sp³-hybridized carbons (Fsp3) is 0.905. The maximum absolute atomic E-state index is 11.7. The van der Waals surface area contributed by atoms with Crippen molar-refractivity contribution in [1.29, 1.82) is 0 Å². The number of amides is 2. The Labute approximate surface area is 199 Å². The van der Waals surface area contributed by atoms with E-state index in [-0.39, 0.29) is 19.1 Å². The standard InChI is InChI=1S/C21H40N2O11/c1-2-32-21(29)23-7-5-3-4-6-16(25)22-8-9-30-10-11-31-12-13-33-20-19(28)18(27)17(26)15(14-24)34-20/h15,17-20,24,26-28H,2-14H2,1H3,(H,22,25)(H,23,29)/t15?,17-,18+,19?,20+/m1/s1. The predicted molar refractivity (Wildman–Crippen MR) is 118 cm³/mol. The Morgan fingerprint density at radius 1 is 0.853 bits per heavy atom. The van der Waals surface area contributed by atoms with Gasteiger partial charge in [0.05, 0.1) is 46.2 Å². The molecule has 1 aliphatic rings. The van der Waals surface area contributed by atoms with Crippen molar-refractivity contribution in [3.05, 3.63) is 0 Å². The Morgan fingerprint density at radius 2 is 1.56 bits per heavy atom. The van der Waals surface area contributed by atoms with Gasteiger partial charge < -0.3 is 54.7 Å². The Morgan fingerprint density at radius 3 is 2.26 bits per heavy atom. The average Bonchev–Trinajstić information content (AvgIpc) is 2.82. The molecule has 13 heteroatoms. The van der Waals surface area contributed by atoms with Crippen molar-refractivity contribution in [3.8, 4) is 0 Å². The molecule has 2 amide bonds. The smallest absolute Gasteiger partial charge is 0.407 e. The van der Waals surface area contributed by atoms with E-state index < -0.39 is 43.4 Å². The first-order valence-electron chi connectivity index (χ1n) is 11.7. The van der Waals surface area contributed by atoms with Gasteiger partial charge in [-0.2, -0.15) is 0 Å². The van der Waals surface area contributed by atoms with Crippen LogP contribution in [0.3, 0.4) is 0 Å². The van der Waals surface area contributed by atoms with Gasteiger partial charge >= 0.3 is 6.09 Å². The van der Waals surface area contributed by atoms with Crippen molar-refractivity contribution < 1.29 is 53.7 Å². The summed E-state index contributed by atoms with van der Waals surface area (Å²) in [4.78, 5) is 22.8. The molecule has 0 radical (unpaired) electrons. The number of nitrogens with one attached hydrogen (secondary N) is 2. The second kappa shape index (κ2) is 18.7. The van der Waals surface area contributed by atoms with Crippen LogP contribution in [0.5, 0.6) is 0 Å². The minimum Gasteiger partial charge on any atom is -0.450 e. The first-order valence-corrected chi connectivity index (χ1v) is 11.7. The highest BCUT2D eigenvalue weighted by molar-refractivity contribution is 5.75. The Hall–Kier alpha value is -1.58. The van der Waals surface area contributed by atoms with Gasteiger partial charge in [-0.1, -0.05) is 6.42 Å². The van der Waals surface area contributed by atoms with E-state index in [1.54, 1.807) is 6.92 Å². The number of hydrogen-bond acceptors (Lipinski definition) is 11. The van der Waals surface area contributed by atoms with E-state index >= 15 is 0 Å². The number of carbonyl (C=O) groups is 2. The molecular formula is C21H40N2O11. The van der Waals surface area contributed by atoms with Crippen molar-refractivity contribution in [2.75, 3.05) is 59.3 Å². The molecule has 1 heterocycles. The zero-order valence-corrected chi connectivity index (χ0v) is 19.7. The molecular weight excluding hydrogens is 456 g/mol. The predicted octanol–water partition coefficient (Wildman–Crippen LogP) is -1.74. The molecule has 1 rings (SSSR count). The van der Waals surface area contributed by atoms with Gasteiger partial charge in [-0.15, -0.1) is 0 Å². The van der Waals surface area contributed by atoms with Gasteiger partial charge in [0.15, 0.2) is 6.29 Å². The molecule has 0 saturated carbocycles. The van der Waals surface area contributed by atoms with Gasteiger partial charge in [-0.05, 0) is 19.8 Å². The van der Waals surface area contributed by atoms with Crippen LogP contribution in [-0.4, -0.2) is 122 Å². The minimum absolute atomic E-state index is 0.0523. The second-order valence-electron chi connectivity index (χ2n) is 7.60. The highest BCUT2D eigenvalue weighted by atomic mass is 16.7. The summed E-state index contributed by atoms with van der Waals surface area (Å²) >= 11 is 0. The molecule has 0 spiro atoms. The van der Waals surface area contributed by atoms with Crippen LogP contribution in [-0.2, 0) is 28.5 Å². The van der Waals surface area contributed by atoms with Crippen LogP contribution in [0.25, 0.3) is 0 Å². The normalized spacial score (nSPS) is 24.6. The summed E-state index contributed by atoms with van der Waals surface area (Å²) in [6.45, 7) is 3.70. The quantitative estimate of drug-likeness (QED) is 0.118. The van der Waals surface area contributed by atoms with E-state index in [2.05, 4.69) is 10.6 Å². The lowest BCUT2D eigenvalue weighted by Gasteiger charge is -2.39. The maximum atomic E-state index is 11.7. The van der Waals surface area contributed by atoms with Crippen molar-refractivity contribution in [2.24, 2.45) is 0 Å². The molecule has 0 aliphatic carbocycles. The van der Waals surface area contributed by atoms with E-state index in [1.165, 1.54) is 0 Å². The summed E-state index contributed by atoms with van der Waals surface area (Å²) in [7, 11) is 0. The number of carbonyl (C=O) groups excluding carboxylic acids is 2. The van der Waals surface area contributed by atoms with Gasteiger partial charge in [-0.3, -0.25) is 4.79 Å². The maximum Gasteiger partial charge on any atom is 0.407 e. The summed E-state index contributed by atoms with van der Waals surface area (Å²) in [5, 5.41) is 43.8. The van der Waals surface area contributed by atoms with E-state index in [0.717, 1.165) is 19.3 Å². The molecule has 5 atom stereocenters. The number of aliphatic hydroxyl groups is 4. The van der Waals surface area contributed by atoms with Crippen LogP contribution in [0.1, 0.15) is 32.6 Å². The third-order valence-electron chi connectivity index (χ3n) is 4.92. The fourth-order valence-corrected chi connectivity index (χ4v) is 3.06. The molecule has 1 aliphatic heterocycles. The molecule has 2 unspecified atom stereocenters. The van der Waals surface area contributed by atoms with Crippen molar-refractivity contribution in [3.63, 3.8) is 0 Å². The third kappa shape index (κ3) is 12.8. The van der Waals surface area contributed by atoms with E-state index in [1.807, 2.05) is 0 Å². The van der Waals surface area contributed by atoms with Crippen LogP contribution in [0.15, 0.2) is 0 Å². The number of aliphatic hydroxyl groups excluding tert-OH is 4. The molecule has 200 valence electrons. The molecule has 6 N–H and O–H groups in total. The minimum atomic E-state index is -1.48. The number of hydrogen-bond donors (Lipinski definition) is 6. The Balaban J connectivity index is 1.90. The molecule has 0 aromatic heterocycles. The Kier molecular flexibility index (Phi) is 16.8. The number of ether oxygens (including phenoxy) is 5. The molecule has 0 bridgehead atoms. The first-order chi connectivity index (χ1) is 16.4. The van der Waals surface area contributed by atoms with Crippen molar-refractivity contribution in [1.82, 2.24) is 10.6 Å². The highest BCUT2D eigenvalue weighted by Crippen LogP contribution is 2.21. The summed E-state index contributed by atoms with van der Waals surface area (Å²) in [6.07, 6.45) is -4.21. The van der Waals surface area contributed by atoms with Gasteiger partial charge in [0.25, 0.3) is 0 Å².